The zero-order valence-corrected chi connectivity index (χ0v) is 41.1. The molecule has 0 bridgehead atoms. The van der Waals surface area contributed by atoms with E-state index in [1.165, 1.54) is 89.9 Å². The molecule has 2 fully saturated rings. The third-order valence-corrected chi connectivity index (χ3v) is 12.5. The van der Waals surface area contributed by atoms with E-state index < -0.39 is 86.8 Å². The van der Waals surface area contributed by atoms with Crippen LogP contribution in [0, 0.1) is 0 Å². The average molecular weight is 952 g/mol. The van der Waals surface area contributed by atoms with Crippen molar-refractivity contribution in [2.75, 3.05) is 19.8 Å². The third-order valence-electron chi connectivity index (χ3n) is 12.5. The lowest BCUT2D eigenvalue weighted by Crippen LogP contribution is -2.65. The first-order valence-electron chi connectivity index (χ1n) is 26.0. The van der Waals surface area contributed by atoms with Gasteiger partial charge in [-0.3, -0.25) is 4.79 Å². The van der Waals surface area contributed by atoms with E-state index in [0.717, 1.165) is 51.4 Å². The van der Waals surface area contributed by atoms with Crippen LogP contribution in [0.3, 0.4) is 0 Å². The first-order valence-corrected chi connectivity index (χ1v) is 26.0. The molecule has 0 aromatic carbocycles. The molecular formula is C53H93NO13. The molecule has 0 aliphatic carbocycles. The van der Waals surface area contributed by atoms with Gasteiger partial charge in [0.15, 0.2) is 12.6 Å². The Labute approximate surface area is 403 Å². The zero-order chi connectivity index (χ0) is 48.9. The van der Waals surface area contributed by atoms with Crippen LogP contribution in [0.15, 0.2) is 60.8 Å². The normalized spacial score (nSPS) is 27.1. The maximum atomic E-state index is 13.1. The van der Waals surface area contributed by atoms with Crippen LogP contribution in [0.25, 0.3) is 0 Å². The van der Waals surface area contributed by atoms with Gasteiger partial charge >= 0.3 is 0 Å². The molecule has 388 valence electrons. The Kier molecular flexibility index (Phi) is 35.8. The molecule has 0 aromatic rings. The van der Waals surface area contributed by atoms with Crippen LogP contribution in [0.5, 0.6) is 0 Å². The molecular weight excluding hydrogens is 859 g/mol. The minimum atomic E-state index is -1.79. The van der Waals surface area contributed by atoms with Gasteiger partial charge in [-0.15, -0.1) is 0 Å². The second kappa shape index (κ2) is 39.4. The van der Waals surface area contributed by atoms with Crippen LogP contribution >= 0.6 is 0 Å². The number of unbranched alkanes of at least 4 members (excludes halogenated alkanes) is 17. The van der Waals surface area contributed by atoms with E-state index in [2.05, 4.69) is 61.7 Å². The molecule has 14 heteroatoms. The van der Waals surface area contributed by atoms with E-state index in [1.807, 2.05) is 12.2 Å². The summed E-state index contributed by atoms with van der Waals surface area (Å²) in [7, 11) is 0. The second-order valence-electron chi connectivity index (χ2n) is 18.3. The number of ether oxygens (including phenoxy) is 4. The highest BCUT2D eigenvalue weighted by molar-refractivity contribution is 5.77. The van der Waals surface area contributed by atoms with E-state index in [9.17, 15) is 45.6 Å². The number of aliphatic hydroxyl groups is 8. The van der Waals surface area contributed by atoms with Crippen LogP contribution in [0.4, 0.5) is 0 Å². The topological polar surface area (TPSA) is 228 Å². The molecule has 2 aliphatic rings. The Hall–Kier alpha value is -2.31. The summed E-state index contributed by atoms with van der Waals surface area (Å²) in [5.74, 6) is -0.335. The van der Waals surface area contributed by atoms with E-state index >= 15 is 0 Å². The Morgan fingerprint density at radius 2 is 0.970 bits per heavy atom. The Bertz CT molecular complexity index is 1360. The molecule has 0 spiro atoms. The summed E-state index contributed by atoms with van der Waals surface area (Å²) in [5.41, 5.74) is 0. The summed E-state index contributed by atoms with van der Waals surface area (Å²) < 4.78 is 22.7. The van der Waals surface area contributed by atoms with E-state index in [1.54, 1.807) is 6.08 Å². The summed E-state index contributed by atoms with van der Waals surface area (Å²) >= 11 is 0. The summed E-state index contributed by atoms with van der Waals surface area (Å²) in [6.07, 6.45) is 31.1. The fourth-order valence-electron chi connectivity index (χ4n) is 8.30. The molecule has 2 rings (SSSR count). The predicted molar refractivity (Wildman–Crippen MR) is 263 cm³/mol. The number of rotatable bonds is 39. The second-order valence-corrected chi connectivity index (χ2v) is 18.3. The lowest BCUT2D eigenvalue weighted by atomic mass is 9.97. The number of amides is 1. The number of carbonyl (C=O) groups excluding carboxylic acids is 1. The maximum Gasteiger partial charge on any atom is 0.224 e. The van der Waals surface area contributed by atoms with Crippen molar-refractivity contribution in [1.82, 2.24) is 5.32 Å². The molecule has 12 unspecified atom stereocenters. The smallest absolute Gasteiger partial charge is 0.224 e. The highest BCUT2D eigenvalue weighted by atomic mass is 16.7. The van der Waals surface area contributed by atoms with Crippen molar-refractivity contribution in [3.8, 4) is 0 Å². The summed E-state index contributed by atoms with van der Waals surface area (Å²) in [4.78, 5) is 13.1. The Morgan fingerprint density at radius 3 is 1.45 bits per heavy atom. The largest absolute Gasteiger partial charge is 0.394 e. The van der Waals surface area contributed by atoms with Gasteiger partial charge < -0.3 is 65.1 Å². The van der Waals surface area contributed by atoms with Gasteiger partial charge in [0.2, 0.25) is 5.91 Å². The standard InChI is InChI=1S/C53H93NO13/c1-3-5-7-9-11-13-15-17-19-20-21-23-24-26-28-30-32-34-36-42(57)41(54-45(58)37-35-33-31-29-27-25-22-18-16-14-12-10-8-6-4-2)40-64-52-50(63)48(61)51(44(39-56)66-52)67-53-49(62)47(60)46(59)43(38-55)65-53/h6,8,12,14,18,22,27,29,33,35,41-44,46-53,55-57,59-63H,3-5,7,9-11,13,15-17,19-21,23-26,28,30-32,34,36-40H2,1-2H3,(H,54,58)/b8-6-,14-12-,22-18-,29-27-,35-33-. The highest BCUT2D eigenvalue weighted by Gasteiger charge is 2.51. The highest BCUT2D eigenvalue weighted by Crippen LogP contribution is 2.30. The van der Waals surface area contributed by atoms with Crippen molar-refractivity contribution in [3.05, 3.63) is 60.8 Å². The quantitative estimate of drug-likeness (QED) is 0.0223. The van der Waals surface area contributed by atoms with Gasteiger partial charge in [-0.2, -0.15) is 0 Å². The number of aliphatic hydroxyl groups excluding tert-OH is 8. The summed E-state index contributed by atoms with van der Waals surface area (Å²) in [6.45, 7) is 2.66. The number of hydrogen-bond donors (Lipinski definition) is 9. The van der Waals surface area contributed by atoms with Crippen molar-refractivity contribution in [1.29, 1.82) is 0 Å². The number of nitrogens with one attached hydrogen (secondary N) is 1. The van der Waals surface area contributed by atoms with Crippen molar-refractivity contribution in [3.63, 3.8) is 0 Å². The zero-order valence-electron chi connectivity index (χ0n) is 41.1. The lowest BCUT2D eigenvalue weighted by Gasteiger charge is -2.46. The summed E-state index contributed by atoms with van der Waals surface area (Å²) in [6, 6.07) is -0.885. The van der Waals surface area contributed by atoms with Gasteiger partial charge in [0.1, 0.15) is 48.8 Å². The Morgan fingerprint density at radius 1 is 0.537 bits per heavy atom. The molecule has 2 saturated heterocycles. The molecule has 0 radical (unpaired) electrons. The average Bonchev–Trinajstić information content (AvgIpc) is 3.32. The fourth-order valence-corrected chi connectivity index (χ4v) is 8.30. The van der Waals surface area contributed by atoms with E-state index in [4.69, 9.17) is 18.9 Å². The molecule has 14 nitrogen and oxygen atoms in total. The molecule has 9 N–H and O–H groups in total. The van der Waals surface area contributed by atoms with Crippen LogP contribution in [0.1, 0.15) is 174 Å². The van der Waals surface area contributed by atoms with Gasteiger partial charge in [0.05, 0.1) is 32.0 Å². The first kappa shape index (κ1) is 60.8. The monoisotopic (exact) mass is 952 g/mol. The predicted octanol–water partition coefficient (Wildman–Crippen LogP) is 7.05. The van der Waals surface area contributed by atoms with Gasteiger partial charge in [-0.25, -0.2) is 0 Å². The van der Waals surface area contributed by atoms with Gasteiger partial charge in [-0.1, -0.05) is 190 Å². The molecule has 0 aromatic heterocycles. The Balaban J connectivity index is 1.86. The number of carbonyl (C=O) groups is 1. The van der Waals surface area contributed by atoms with Crippen molar-refractivity contribution in [2.45, 2.75) is 248 Å². The van der Waals surface area contributed by atoms with Crippen LogP contribution in [-0.4, -0.2) is 140 Å². The third kappa shape index (κ3) is 26.5. The van der Waals surface area contributed by atoms with Crippen LogP contribution in [-0.2, 0) is 23.7 Å². The van der Waals surface area contributed by atoms with Crippen molar-refractivity contribution >= 4 is 5.91 Å². The molecule has 67 heavy (non-hydrogen) atoms. The molecule has 1 amide bonds. The van der Waals surface area contributed by atoms with Gasteiger partial charge in [0, 0.05) is 6.42 Å². The minimum Gasteiger partial charge on any atom is -0.394 e. The number of hydrogen-bond acceptors (Lipinski definition) is 13. The van der Waals surface area contributed by atoms with Crippen molar-refractivity contribution in [2.24, 2.45) is 0 Å². The van der Waals surface area contributed by atoms with Crippen molar-refractivity contribution < 1.29 is 64.6 Å². The van der Waals surface area contributed by atoms with E-state index in [-0.39, 0.29) is 18.9 Å². The SMILES string of the molecule is CC/C=C\C/C=C\C/C=C\C/C=C\C/C=C\CC(=O)NC(COC1OC(CO)C(OC2OC(CO)C(O)C(O)C2O)C(O)C1O)C(O)CCCCCCCCCCCCCCCCCCCC. The fraction of sp³-hybridized carbons (Fsp3) is 0.792. The number of allylic oxidation sites excluding steroid dienone is 9. The van der Waals surface area contributed by atoms with Gasteiger partial charge in [-0.05, 0) is 38.5 Å². The molecule has 0 saturated carbocycles. The maximum absolute atomic E-state index is 13.1. The molecule has 12 atom stereocenters. The lowest BCUT2D eigenvalue weighted by molar-refractivity contribution is -0.359. The van der Waals surface area contributed by atoms with Crippen LogP contribution < -0.4 is 5.32 Å². The van der Waals surface area contributed by atoms with Gasteiger partial charge in [0.25, 0.3) is 0 Å². The van der Waals surface area contributed by atoms with Crippen LogP contribution in [0.2, 0.25) is 0 Å². The first-order chi connectivity index (χ1) is 32.6. The molecule has 2 heterocycles. The summed E-state index contributed by atoms with van der Waals surface area (Å²) in [5, 5.41) is 86.8. The minimum absolute atomic E-state index is 0.0702. The van der Waals surface area contributed by atoms with E-state index in [0.29, 0.717) is 12.8 Å². The molecule has 2 aliphatic heterocycles.